The first-order valence-corrected chi connectivity index (χ1v) is 8.29. The maximum Gasteiger partial charge on any atom is 0.393 e. The van der Waals surface area contributed by atoms with Crippen molar-refractivity contribution in [3.8, 4) is 5.75 Å². The van der Waals surface area contributed by atoms with Crippen LogP contribution in [0.1, 0.15) is 32.3 Å². The van der Waals surface area contributed by atoms with Gasteiger partial charge in [0.1, 0.15) is 5.75 Å². The highest BCUT2D eigenvalue weighted by Gasteiger charge is 2.41. The summed E-state index contributed by atoms with van der Waals surface area (Å²) in [6.45, 7) is 5.09. The Morgan fingerprint density at radius 3 is 2.73 bits per heavy atom. The molecule has 0 aliphatic carbocycles. The minimum absolute atomic E-state index is 0.0253. The van der Waals surface area contributed by atoms with E-state index >= 15 is 0 Å². The van der Waals surface area contributed by atoms with Crippen molar-refractivity contribution in [2.24, 2.45) is 5.92 Å². The van der Waals surface area contributed by atoms with Crippen LogP contribution in [0.2, 0.25) is 0 Å². The minimum atomic E-state index is -4.11. The molecule has 1 atom stereocenters. The smallest absolute Gasteiger partial charge is 0.393 e. The van der Waals surface area contributed by atoms with Crippen molar-refractivity contribution in [2.45, 2.75) is 45.5 Å². The van der Waals surface area contributed by atoms with Crippen LogP contribution in [0.25, 0.3) is 0 Å². The molecular weight excluding hydrogens is 359 g/mol. The van der Waals surface area contributed by atoms with Crippen LogP contribution in [0, 0.1) is 5.92 Å². The van der Waals surface area contributed by atoms with Crippen molar-refractivity contribution in [1.82, 2.24) is 4.90 Å². The monoisotopic (exact) mass is 379 g/mol. The van der Waals surface area contributed by atoms with E-state index in [4.69, 9.17) is 4.74 Å². The Balaban J connectivity index is 2.13. The number of hydrogen-bond donors (Lipinski definition) is 0. The van der Waals surface area contributed by atoms with Crippen molar-refractivity contribution in [3.63, 3.8) is 0 Å². The molecule has 1 fully saturated rings. The van der Waals surface area contributed by atoms with Gasteiger partial charge in [-0.3, -0.25) is 4.90 Å². The summed E-state index contributed by atoms with van der Waals surface area (Å²) in [6, 6.07) is 5.64. The van der Waals surface area contributed by atoms with Crippen molar-refractivity contribution in [1.29, 1.82) is 0 Å². The molecule has 0 aromatic heterocycles. The molecule has 0 saturated carbocycles. The number of alkyl halides is 3. The molecule has 1 heterocycles. The molecule has 1 aliphatic heterocycles. The lowest BCUT2D eigenvalue weighted by Gasteiger charge is -2.34. The second-order valence-electron chi connectivity index (χ2n) is 6.00. The van der Waals surface area contributed by atoms with Gasteiger partial charge in [0.25, 0.3) is 0 Å². The van der Waals surface area contributed by atoms with Gasteiger partial charge < -0.3 is 4.74 Å². The quantitative estimate of drug-likeness (QED) is 0.728. The lowest BCUT2D eigenvalue weighted by molar-refractivity contribution is -0.187. The van der Waals surface area contributed by atoms with Gasteiger partial charge in [-0.2, -0.15) is 13.2 Å². The fourth-order valence-electron chi connectivity index (χ4n) is 2.75. The lowest BCUT2D eigenvalue weighted by Crippen LogP contribution is -2.41. The molecule has 0 spiro atoms. The molecule has 1 saturated heterocycles. The van der Waals surface area contributed by atoms with Crippen LogP contribution in [0.3, 0.4) is 0 Å². The van der Waals surface area contributed by atoms with Crippen LogP contribution in [0.5, 0.6) is 5.75 Å². The lowest BCUT2D eigenvalue weighted by atomic mass is 9.97. The maximum absolute atomic E-state index is 12.9. The zero-order valence-electron chi connectivity index (χ0n) is 12.8. The molecule has 22 heavy (non-hydrogen) atoms. The van der Waals surface area contributed by atoms with Gasteiger partial charge in [-0.15, -0.1) is 0 Å². The van der Waals surface area contributed by atoms with Crippen LogP contribution >= 0.6 is 15.9 Å². The van der Waals surface area contributed by atoms with Gasteiger partial charge >= 0.3 is 6.18 Å². The first-order chi connectivity index (χ1) is 10.3. The van der Waals surface area contributed by atoms with Crippen LogP contribution in [0.4, 0.5) is 13.2 Å². The average Bonchev–Trinajstić information content (AvgIpc) is 2.41. The third kappa shape index (κ3) is 4.62. The topological polar surface area (TPSA) is 12.5 Å². The molecule has 1 aromatic carbocycles. The number of nitrogens with zero attached hydrogens (tertiary/aromatic N) is 1. The molecule has 1 unspecified atom stereocenters. The van der Waals surface area contributed by atoms with Crippen LogP contribution in [-0.2, 0) is 6.54 Å². The molecular formula is C16H21BrF3NO. The summed E-state index contributed by atoms with van der Waals surface area (Å²) in [7, 11) is 0. The van der Waals surface area contributed by atoms with Crippen molar-refractivity contribution in [2.75, 3.05) is 13.1 Å². The number of piperidine rings is 1. The first-order valence-electron chi connectivity index (χ1n) is 7.50. The van der Waals surface area contributed by atoms with E-state index in [1.54, 1.807) is 0 Å². The van der Waals surface area contributed by atoms with Gasteiger partial charge in [0.15, 0.2) is 0 Å². The molecule has 1 aliphatic rings. The summed E-state index contributed by atoms with van der Waals surface area (Å²) < 4.78 is 45.4. The second kappa shape index (κ2) is 7.21. The van der Waals surface area contributed by atoms with E-state index in [2.05, 4.69) is 15.9 Å². The van der Waals surface area contributed by atoms with Crippen molar-refractivity contribution >= 4 is 15.9 Å². The minimum Gasteiger partial charge on any atom is -0.491 e. The number of hydrogen-bond acceptors (Lipinski definition) is 2. The first kappa shape index (κ1) is 17.6. The van der Waals surface area contributed by atoms with E-state index in [1.807, 2.05) is 36.9 Å². The van der Waals surface area contributed by atoms with Gasteiger partial charge in [0.2, 0.25) is 0 Å². The highest BCUT2D eigenvalue weighted by molar-refractivity contribution is 9.10. The summed E-state index contributed by atoms with van der Waals surface area (Å²) in [5.74, 6) is -0.489. The Morgan fingerprint density at radius 1 is 1.36 bits per heavy atom. The fourth-order valence-corrected chi connectivity index (χ4v) is 3.22. The molecule has 6 heteroatoms. The van der Waals surface area contributed by atoms with Gasteiger partial charge in [-0.05, 0) is 45.4 Å². The third-order valence-electron chi connectivity index (χ3n) is 3.79. The maximum atomic E-state index is 12.9. The predicted molar refractivity (Wildman–Crippen MR) is 84.0 cm³/mol. The SMILES string of the molecule is CC(C)Oc1cccc(Br)c1CN1CCCC(C(F)(F)F)C1. The van der Waals surface area contributed by atoms with E-state index in [0.29, 0.717) is 19.5 Å². The summed E-state index contributed by atoms with van der Waals surface area (Å²) in [6.07, 6.45) is -3.28. The van der Waals surface area contributed by atoms with Crippen LogP contribution < -0.4 is 4.74 Å². The van der Waals surface area contributed by atoms with Gasteiger partial charge in [-0.25, -0.2) is 0 Å². The Hall–Kier alpha value is -0.750. The van der Waals surface area contributed by atoms with Crippen LogP contribution in [-0.4, -0.2) is 30.3 Å². The Morgan fingerprint density at radius 2 is 2.09 bits per heavy atom. The normalized spacial score (nSPS) is 20.4. The van der Waals surface area contributed by atoms with E-state index in [9.17, 15) is 13.2 Å². The number of rotatable bonds is 4. The van der Waals surface area contributed by atoms with Gasteiger partial charge in [0.05, 0.1) is 12.0 Å². The molecule has 1 aromatic rings. The van der Waals surface area contributed by atoms with Crippen molar-refractivity contribution < 1.29 is 17.9 Å². The van der Waals surface area contributed by atoms with E-state index in [-0.39, 0.29) is 19.1 Å². The molecule has 0 bridgehead atoms. The zero-order valence-corrected chi connectivity index (χ0v) is 14.4. The van der Waals surface area contributed by atoms with E-state index in [0.717, 1.165) is 15.8 Å². The highest BCUT2D eigenvalue weighted by Crippen LogP contribution is 2.35. The zero-order chi connectivity index (χ0) is 16.3. The summed E-state index contributed by atoms with van der Waals surface area (Å²) in [5.41, 5.74) is 0.916. The third-order valence-corrected chi connectivity index (χ3v) is 4.53. The number of ether oxygens (including phenoxy) is 1. The van der Waals surface area contributed by atoms with E-state index < -0.39 is 12.1 Å². The molecule has 124 valence electrons. The Kier molecular flexibility index (Phi) is 5.77. The number of halogens is 4. The molecule has 0 N–H and O–H groups in total. The summed E-state index contributed by atoms with van der Waals surface area (Å²) in [4.78, 5) is 1.87. The van der Waals surface area contributed by atoms with E-state index in [1.165, 1.54) is 0 Å². The van der Waals surface area contributed by atoms with Crippen LogP contribution in [0.15, 0.2) is 22.7 Å². The standard InChI is InChI=1S/C16H21BrF3NO/c1-11(2)22-15-7-3-6-14(17)13(15)10-21-8-4-5-12(9-21)16(18,19)20/h3,6-7,11-12H,4-5,8-10H2,1-2H3. The second-order valence-corrected chi connectivity index (χ2v) is 6.85. The largest absolute Gasteiger partial charge is 0.491 e. The molecule has 2 rings (SSSR count). The highest BCUT2D eigenvalue weighted by atomic mass is 79.9. The Bertz CT molecular complexity index is 505. The van der Waals surface area contributed by atoms with Gasteiger partial charge in [0, 0.05) is 23.1 Å². The molecule has 2 nitrogen and oxygen atoms in total. The summed E-state index contributed by atoms with van der Waals surface area (Å²) in [5, 5.41) is 0. The molecule has 0 amide bonds. The average molecular weight is 380 g/mol. The fraction of sp³-hybridized carbons (Fsp3) is 0.625. The number of benzene rings is 1. The summed E-state index contributed by atoms with van der Waals surface area (Å²) >= 11 is 3.49. The molecule has 0 radical (unpaired) electrons. The van der Waals surface area contributed by atoms with Gasteiger partial charge in [-0.1, -0.05) is 22.0 Å². The Labute approximate surface area is 137 Å². The number of likely N-dealkylation sites (tertiary alicyclic amines) is 1. The van der Waals surface area contributed by atoms with Crippen molar-refractivity contribution in [3.05, 3.63) is 28.2 Å². The predicted octanol–water partition coefficient (Wildman–Crippen LogP) is 5.01.